The summed E-state index contributed by atoms with van der Waals surface area (Å²) in [4.78, 5) is 28.7. The molecule has 0 aromatic carbocycles. The molecule has 0 radical (unpaired) electrons. The molecule has 6 nitrogen and oxygen atoms in total. The van der Waals surface area contributed by atoms with Crippen LogP contribution in [0.3, 0.4) is 0 Å². The molecule has 0 unspecified atom stereocenters. The van der Waals surface area contributed by atoms with Crippen LogP contribution < -0.4 is 4.74 Å². The van der Waals surface area contributed by atoms with Crippen molar-refractivity contribution >= 4 is 33.8 Å². The van der Waals surface area contributed by atoms with Gasteiger partial charge in [0, 0.05) is 12.4 Å². The Labute approximate surface area is 142 Å². The van der Waals surface area contributed by atoms with Gasteiger partial charge >= 0.3 is 5.97 Å². The number of aromatic nitrogens is 2. The zero-order valence-electron chi connectivity index (χ0n) is 13.5. The van der Waals surface area contributed by atoms with Crippen LogP contribution in [-0.4, -0.2) is 34.0 Å². The summed E-state index contributed by atoms with van der Waals surface area (Å²) in [7, 11) is 3.25. The minimum Gasteiger partial charge on any atom is -0.480 e. The third-order valence-corrected chi connectivity index (χ3v) is 5.19. The molecular formula is C17H16N2O4S. The largest absolute Gasteiger partial charge is 0.480 e. The molecule has 0 bridgehead atoms. The van der Waals surface area contributed by atoms with Gasteiger partial charge in [-0.25, -0.2) is 9.78 Å². The van der Waals surface area contributed by atoms with Crippen LogP contribution in [0.25, 0.3) is 20.8 Å². The molecule has 0 aliphatic rings. The molecule has 7 heteroatoms. The van der Waals surface area contributed by atoms with Crippen molar-refractivity contribution in [3.63, 3.8) is 0 Å². The first-order valence-corrected chi connectivity index (χ1v) is 8.17. The van der Waals surface area contributed by atoms with Gasteiger partial charge in [0.1, 0.15) is 10.4 Å². The molecule has 124 valence electrons. The minimum atomic E-state index is -1.06. The maximum atomic E-state index is 11.4. The van der Waals surface area contributed by atoms with Crippen molar-refractivity contribution in [1.29, 1.82) is 0 Å². The summed E-state index contributed by atoms with van der Waals surface area (Å²) in [6, 6.07) is 5.41. The van der Waals surface area contributed by atoms with Crippen LogP contribution in [0.5, 0.6) is 5.88 Å². The predicted octanol–water partition coefficient (Wildman–Crippen LogP) is 3.38. The van der Waals surface area contributed by atoms with E-state index in [1.807, 2.05) is 30.7 Å². The van der Waals surface area contributed by atoms with E-state index in [9.17, 15) is 14.7 Å². The van der Waals surface area contributed by atoms with Gasteiger partial charge in [-0.3, -0.25) is 4.79 Å². The number of hydrogen-bond acceptors (Lipinski definition) is 5. The molecule has 1 N–H and O–H groups in total. The Bertz CT molecular complexity index is 955. The first-order valence-electron chi connectivity index (χ1n) is 7.36. The van der Waals surface area contributed by atoms with Gasteiger partial charge in [0.2, 0.25) is 5.88 Å². The topological polar surface area (TPSA) is 81.4 Å². The fourth-order valence-corrected chi connectivity index (χ4v) is 3.84. The number of aryl methyl sites for hydroxylation is 2. The van der Waals surface area contributed by atoms with Gasteiger partial charge in [-0.2, -0.15) is 0 Å². The highest BCUT2D eigenvalue weighted by Crippen LogP contribution is 2.37. The summed E-state index contributed by atoms with van der Waals surface area (Å²) in [5, 5.41) is 10.3. The number of pyridine rings is 1. The molecule has 3 aromatic rings. The van der Waals surface area contributed by atoms with Crippen LogP contribution in [-0.2, 0) is 13.5 Å². The Morgan fingerprint density at radius 3 is 2.71 bits per heavy atom. The third kappa shape index (κ3) is 2.46. The number of carbonyl (C=O) groups excluding carboxylic acids is 1. The third-order valence-electron chi connectivity index (χ3n) is 3.96. The molecular weight excluding hydrogens is 328 g/mol. The van der Waals surface area contributed by atoms with Crippen molar-refractivity contribution in [2.75, 3.05) is 7.11 Å². The summed E-state index contributed by atoms with van der Waals surface area (Å²) in [5.41, 5.74) is 2.23. The molecule has 3 aromatic heterocycles. The molecule has 0 spiro atoms. The molecule has 3 heterocycles. The molecule has 0 aliphatic carbocycles. The van der Waals surface area contributed by atoms with Crippen molar-refractivity contribution < 1.29 is 19.4 Å². The van der Waals surface area contributed by atoms with Gasteiger partial charge in [-0.15, -0.1) is 11.3 Å². The van der Waals surface area contributed by atoms with Crippen LogP contribution in [0.1, 0.15) is 33.3 Å². The number of rotatable bonds is 5. The Morgan fingerprint density at radius 1 is 1.42 bits per heavy atom. The van der Waals surface area contributed by atoms with E-state index in [0.29, 0.717) is 17.8 Å². The second-order valence-corrected chi connectivity index (χ2v) is 6.36. The summed E-state index contributed by atoms with van der Waals surface area (Å²) >= 11 is 1.51. The van der Waals surface area contributed by atoms with Crippen molar-refractivity contribution in [1.82, 2.24) is 9.55 Å². The van der Waals surface area contributed by atoms with E-state index in [2.05, 4.69) is 4.98 Å². The van der Waals surface area contributed by atoms with Gasteiger partial charge in [0.25, 0.3) is 0 Å². The fraction of sp³-hybridized carbons (Fsp3) is 0.235. The lowest BCUT2D eigenvalue weighted by molar-refractivity contribution is 0.0692. The van der Waals surface area contributed by atoms with Crippen molar-refractivity contribution in [3.8, 4) is 16.5 Å². The maximum Gasteiger partial charge on any atom is 0.341 e. The summed E-state index contributed by atoms with van der Waals surface area (Å²) in [6.07, 6.45) is 1.48. The number of fused-ring (bicyclic) bond motifs is 1. The van der Waals surface area contributed by atoms with Crippen molar-refractivity contribution in [2.24, 2.45) is 7.05 Å². The van der Waals surface area contributed by atoms with Gasteiger partial charge in [-0.1, -0.05) is 6.92 Å². The Kier molecular flexibility index (Phi) is 4.11. The van der Waals surface area contributed by atoms with Gasteiger partial charge in [-0.05, 0) is 30.2 Å². The van der Waals surface area contributed by atoms with Crippen LogP contribution >= 0.6 is 11.3 Å². The van der Waals surface area contributed by atoms with Crippen molar-refractivity contribution in [3.05, 3.63) is 35.0 Å². The summed E-state index contributed by atoms with van der Waals surface area (Å²) in [6.45, 7) is 1.95. The Morgan fingerprint density at radius 2 is 2.17 bits per heavy atom. The average Bonchev–Trinajstić information content (AvgIpc) is 3.12. The highest BCUT2D eigenvalue weighted by molar-refractivity contribution is 7.21. The Hall–Kier alpha value is -2.67. The normalized spacial score (nSPS) is 11.0. The number of aldehydes is 1. The van der Waals surface area contributed by atoms with Crippen LogP contribution in [0, 0.1) is 0 Å². The lowest BCUT2D eigenvalue weighted by atomic mass is 10.1. The number of thiophene rings is 1. The lowest BCUT2D eigenvalue weighted by Gasteiger charge is -2.10. The van der Waals surface area contributed by atoms with Crippen molar-refractivity contribution in [2.45, 2.75) is 13.3 Å². The fourth-order valence-electron chi connectivity index (χ4n) is 2.69. The SMILES string of the molecule is CCc1cc(C(=O)O)c(OC)nc1-c1cc2cc(C=O)n(C)c2s1. The number of carbonyl (C=O) groups is 2. The van der Waals surface area contributed by atoms with Crippen LogP contribution in [0.4, 0.5) is 0 Å². The minimum absolute atomic E-state index is 0.0578. The molecule has 0 amide bonds. The smallest absolute Gasteiger partial charge is 0.341 e. The van der Waals surface area contributed by atoms with E-state index in [-0.39, 0.29) is 11.4 Å². The van der Waals surface area contributed by atoms with E-state index in [1.165, 1.54) is 18.4 Å². The second kappa shape index (κ2) is 6.09. The molecule has 0 saturated heterocycles. The van der Waals surface area contributed by atoms with E-state index < -0.39 is 5.97 Å². The number of methoxy groups -OCH3 is 1. The molecule has 24 heavy (non-hydrogen) atoms. The van der Waals surface area contributed by atoms with Gasteiger partial charge in [0.05, 0.1) is 23.4 Å². The average molecular weight is 344 g/mol. The number of nitrogens with zero attached hydrogens (tertiary/aromatic N) is 2. The summed E-state index contributed by atoms with van der Waals surface area (Å²) < 4.78 is 6.98. The highest BCUT2D eigenvalue weighted by Gasteiger charge is 2.20. The maximum absolute atomic E-state index is 11.4. The molecule has 0 fully saturated rings. The summed E-state index contributed by atoms with van der Waals surface area (Å²) in [5.74, 6) is -0.965. The predicted molar refractivity (Wildman–Crippen MR) is 92.3 cm³/mol. The Balaban J connectivity index is 2.21. The van der Waals surface area contributed by atoms with E-state index in [4.69, 9.17) is 4.74 Å². The van der Waals surface area contributed by atoms with E-state index in [1.54, 1.807) is 6.07 Å². The van der Waals surface area contributed by atoms with Crippen LogP contribution in [0.2, 0.25) is 0 Å². The number of aromatic carboxylic acids is 1. The number of hydrogen-bond donors (Lipinski definition) is 1. The number of ether oxygens (including phenoxy) is 1. The first-order chi connectivity index (χ1) is 11.5. The zero-order chi connectivity index (χ0) is 17.4. The van der Waals surface area contributed by atoms with E-state index in [0.717, 1.165) is 26.9 Å². The second-order valence-electron chi connectivity index (χ2n) is 5.33. The number of carboxylic acids is 1. The molecule has 3 rings (SSSR count). The first kappa shape index (κ1) is 16.2. The molecule has 0 atom stereocenters. The monoisotopic (exact) mass is 344 g/mol. The molecule has 0 aliphatic heterocycles. The zero-order valence-corrected chi connectivity index (χ0v) is 14.3. The number of carboxylic acid groups (broad SMARTS) is 1. The lowest BCUT2D eigenvalue weighted by Crippen LogP contribution is -2.05. The van der Waals surface area contributed by atoms with Gasteiger partial charge < -0.3 is 14.4 Å². The van der Waals surface area contributed by atoms with Crippen LogP contribution in [0.15, 0.2) is 18.2 Å². The van der Waals surface area contributed by atoms with E-state index >= 15 is 0 Å². The highest BCUT2D eigenvalue weighted by atomic mass is 32.1. The molecule has 0 saturated carbocycles. The van der Waals surface area contributed by atoms with Gasteiger partial charge in [0.15, 0.2) is 6.29 Å². The standard InChI is InChI=1S/C17H16N2O4S/c1-4-9-6-12(17(21)22)15(23-3)18-14(9)13-7-10-5-11(8-20)19(2)16(10)24-13/h5-8H,4H2,1-3H3,(H,21,22). The quantitative estimate of drug-likeness (QED) is 0.718.